The van der Waals surface area contributed by atoms with Gasteiger partial charge < -0.3 is 10.4 Å². The number of hydrogen-bond acceptors (Lipinski definition) is 5. The average molecular weight is 336 g/mol. The zero-order valence-corrected chi connectivity index (χ0v) is 14.1. The van der Waals surface area contributed by atoms with Crippen LogP contribution in [-0.4, -0.2) is 33.9 Å². The number of hydrogen-bond donors (Lipinski definition) is 2. The first-order chi connectivity index (χ1) is 10.6. The number of aliphatic hydroxyl groups is 1. The van der Waals surface area contributed by atoms with Gasteiger partial charge in [0.1, 0.15) is 0 Å². The molecule has 0 saturated carbocycles. The first-order valence-corrected chi connectivity index (χ1v) is 9.21. The highest BCUT2D eigenvalue weighted by molar-refractivity contribution is 7.99. The van der Waals surface area contributed by atoms with Crippen LogP contribution in [0.25, 0.3) is 0 Å². The molecule has 1 amide bonds. The molecular weight excluding hydrogens is 316 g/mol. The van der Waals surface area contributed by atoms with Crippen molar-refractivity contribution in [3.05, 3.63) is 52.5 Å². The molecule has 2 aromatic rings. The number of aromatic nitrogens is 1. The number of nitrogens with zero attached hydrogens (tertiary/aromatic N) is 1. The van der Waals surface area contributed by atoms with E-state index in [0.29, 0.717) is 12.2 Å². The van der Waals surface area contributed by atoms with Crippen molar-refractivity contribution in [1.82, 2.24) is 10.3 Å². The van der Waals surface area contributed by atoms with Crippen LogP contribution in [0.15, 0.2) is 41.2 Å². The lowest BCUT2D eigenvalue weighted by atomic mass is 10.0. The monoisotopic (exact) mass is 336 g/mol. The molecule has 0 bridgehead atoms. The van der Waals surface area contributed by atoms with E-state index in [0.717, 1.165) is 17.0 Å². The minimum atomic E-state index is -0.588. The molecule has 6 heteroatoms. The maximum Gasteiger partial charge on any atom is 0.230 e. The highest BCUT2D eigenvalue weighted by Gasteiger charge is 2.17. The Bertz CT molecular complexity index is 561. The van der Waals surface area contributed by atoms with E-state index in [1.165, 1.54) is 11.8 Å². The minimum absolute atomic E-state index is 0.0557. The summed E-state index contributed by atoms with van der Waals surface area (Å²) in [4.78, 5) is 16.1. The maximum atomic E-state index is 11.9. The normalized spacial score (nSPS) is 13.5. The molecule has 4 nitrogen and oxygen atoms in total. The summed E-state index contributed by atoms with van der Waals surface area (Å²) in [6.45, 7) is 1.83. The largest absolute Gasteiger partial charge is 0.391 e. The Labute approximate surface area is 139 Å². The summed E-state index contributed by atoms with van der Waals surface area (Å²) >= 11 is 3.08. The Kier molecular flexibility index (Phi) is 6.89. The highest BCUT2D eigenvalue weighted by Crippen LogP contribution is 2.12. The van der Waals surface area contributed by atoms with Crippen LogP contribution < -0.4 is 5.32 Å². The van der Waals surface area contributed by atoms with Gasteiger partial charge in [-0.15, -0.1) is 23.1 Å². The van der Waals surface area contributed by atoms with Crippen molar-refractivity contribution in [3.8, 4) is 0 Å². The molecule has 0 radical (unpaired) electrons. The quantitative estimate of drug-likeness (QED) is 0.777. The third kappa shape index (κ3) is 5.79. The van der Waals surface area contributed by atoms with Crippen LogP contribution in [0.1, 0.15) is 18.2 Å². The summed E-state index contributed by atoms with van der Waals surface area (Å²) < 4.78 is 0. The Morgan fingerprint density at radius 2 is 2.18 bits per heavy atom. The molecule has 0 saturated heterocycles. The Morgan fingerprint density at radius 1 is 1.41 bits per heavy atom. The van der Waals surface area contributed by atoms with E-state index < -0.39 is 6.10 Å². The molecule has 0 aliphatic heterocycles. The lowest BCUT2D eigenvalue weighted by Gasteiger charge is -2.20. The van der Waals surface area contributed by atoms with Gasteiger partial charge in [0, 0.05) is 17.6 Å². The van der Waals surface area contributed by atoms with Gasteiger partial charge >= 0.3 is 0 Å². The van der Waals surface area contributed by atoms with Gasteiger partial charge in [0.05, 0.1) is 29.1 Å². The van der Waals surface area contributed by atoms with E-state index in [9.17, 15) is 9.90 Å². The van der Waals surface area contributed by atoms with Crippen LogP contribution in [0.3, 0.4) is 0 Å². The molecule has 1 aromatic carbocycles. The number of benzene rings is 1. The number of carbonyl (C=O) groups excluding carboxylic acids is 1. The molecule has 2 rings (SSSR count). The number of rotatable bonds is 8. The van der Waals surface area contributed by atoms with Crippen LogP contribution in [0.4, 0.5) is 0 Å². The van der Waals surface area contributed by atoms with Crippen molar-refractivity contribution in [2.45, 2.75) is 31.2 Å². The number of carbonyl (C=O) groups is 1. The van der Waals surface area contributed by atoms with Crippen molar-refractivity contribution in [2.75, 3.05) is 5.75 Å². The lowest BCUT2D eigenvalue weighted by molar-refractivity contribution is -0.119. The molecule has 1 aromatic heterocycles. The third-order valence-electron chi connectivity index (χ3n) is 3.22. The van der Waals surface area contributed by atoms with E-state index >= 15 is 0 Å². The predicted molar refractivity (Wildman–Crippen MR) is 92.0 cm³/mol. The Balaban J connectivity index is 1.68. The fourth-order valence-corrected chi connectivity index (χ4v) is 3.38. The van der Waals surface area contributed by atoms with Crippen molar-refractivity contribution in [2.24, 2.45) is 0 Å². The molecule has 2 N–H and O–H groups in total. The zero-order valence-electron chi connectivity index (χ0n) is 12.4. The molecule has 0 spiro atoms. The second kappa shape index (κ2) is 8.92. The maximum absolute atomic E-state index is 11.9. The van der Waals surface area contributed by atoms with Crippen molar-refractivity contribution >= 4 is 29.0 Å². The molecular formula is C16H20N2O2S2. The molecule has 118 valence electrons. The smallest absolute Gasteiger partial charge is 0.230 e. The number of thioether (sulfide) groups is 1. The van der Waals surface area contributed by atoms with Crippen molar-refractivity contribution in [3.63, 3.8) is 0 Å². The first kappa shape index (κ1) is 17.0. The molecule has 1 heterocycles. The van der Waals surface area contributed by atoms with E-state index in [4.69, 9.17) is 0 Å². The molecule has 0 aliphatic rings. The summed E-state index contributed by atoms with van der Waals surface area (Å²) in [5.74, 6) is 1.05. The van der Waals surface area contributed by atoms with Crippen molar-refractivity contribution in [1.29, 1.82) is 0 Å². The van der Waals surface area contributed by atoms with E-state index in [2.05, 4.69) is 10.3 Å². The summed E-state index contributed by atoms with van der Waals surface area (Å²) in [7, 11) is 0. The Morgan fingerprint density at radius 3 is 2.86 bits per heavy atom. The SMILES string of the molecule is CC(NC(=O)CSCc1cscn1)C(O)Cc1ccccc1. The topological polar surface area (TPSA) is 62.2 Å². The standard InChI is InChI=1S/C16H20N2O2S2/c1-12(15(19)7-13-5-3-2-4-6-13)18-16(20)10-21-8-14-9-22-11-17-14/h2-6,9,11-12,15,19H,7-8,10H2,1H3,(H,18,20). The summed E-state index contributed by atoms with van der Waals surface area (Å²) in [5, 5.41) is 15.0. The second-order valence-corrected chi connectivity index (χ2v) is 6.79. The van der Waals surface area contributed by atoms with E-state index in [1.807, 2.05) is 42.6 Å². The first-order valence-electron chi connectivity index (χ1n) is 7.11. The predicted octanol–water partition coefficient (Wildman–Crippen LogP) is 2.48. The van der Waals surface area contributed by atoms with Gasteiger partial charge in [-0.25, -0.2) is 4.98 Å². The number of aliphatic hydroxyl groups excluding tert-OH is 1. The van der Waals surface area contributed by atoms with Crippen LogP contribution in [-0.2, 0) is 17.0 Å². The molecule has 22 heavy (non-hydrogen) atoms. The summed E-state index contributed by atoms with van der Waals surface area (Å²) in [6.07, 6.45) is -0.0521. The summed E-state index contributed by atoms with van der Waals surface area (Å²) in [5.41, 5.74) is 3.85. The molecule has 2 atom stereocenters. The summed E-state index contributed by atoms with van der Waals surface area (Å²) in [6, 6.07) is 9.51. The van der Waals surface area contributed by atoms with Crippen LogP contribution in [0, 0.1) is 0 Å². The Hall–Kier alpha value is -1.37. The van der Waals surface area contributed by atoms with Crippen LogP contribution in [0.2, 0.25) is 0 Å². The fraction of sp³-hybridized carbons (Fsp3) is 0.375. The van der Waals surface area contributed by atoms with Gasteiger partial charge in [-0.3, -0.25) is 4.79 Å². The third-order valence-corrected chi connectivity index (χ3v) is 4.82. The second-order valence-electron chi connectivity index (χ2n) is 5.09. The molecule has 0 aliphatic carbocycles. The van der Waals surface area contributed by atoms with E-state index in [-0.39, 0.29) is 11.9 Å². The highest BCUT2D eigenvalue weighted by atomic mass is 32.2. The number of nitrogens with one attached hydrogen (secondary N) is 1. The zero-order chi connectivity index (χ0) is 15.8. The molecule has 0 fully saturated rings. The van der Waals surface area contributed by atoms with Gasteiger partial charge in [-0.1, -0.05) is 30.3 Å². The van der Waals surface area contributed by atoms with E-state index in [1.54, 1.807) is 16.8 Å². The fourth-order valence-electron chi connectivity index (χ4n) is 1.98. The van der Waals surface area contributed by atoms with Crippen LogP contribution in [0.5, 0.6) is 0 Å². The van der Waals surface area contributed by atoms with Gasteiger partial charge in [0.2, 0.25) is 5.91 Å². The number of thiazole rings is 1. The number of amides is 1. The lowest BCUT2D eigenvalue weighted by Crippen LogP contribution is -2.42. The van der Waals surface area contributed by atoms with Gasteiger partial charge in [0.25, 0.3) is 0 Å². The van der Waals surface area contributed by atoms with Gasteiger partial charge in [-0.2, -0.15) is 0 Å². The van der Waals surface area contributed by atoms with Gasteiger partial charge in [0.15, 0.2) is 0 Å². The average Bonchev–Trinajstić information content (AvgIpc) is 3.01. The minimum Gasteiger partial charge on any atom is -0.391 e. The van der Waals surface area contributed by atoms with Gasteiger partial charge in [-0.05, 0) is 12.5 Å². The molecule has 2 unspecified atom stereocenters. The van der Waals surface area contributed by atoms with Crippen molar-refractivity contribution < 1.29 is 9.90 Å². The van der Waals surface area contributed by atoms with Crippen LogP contribution >= 0.6 is 23.1 Å².